The van der Waals surface area contributed by atoms with Crippen LogP contribution in [0.2, 0.25) is 0 Å². The van der Waals surface area contributed by atoms with E-state index >= 15 is 0 Å². The quantitative estimate of drug-likeness (QED) is 0.756. The molecule has 1 amide bonds. The van der Waals surface area contributed by atoms with Crippen molar-refractivity contribution in [2.75, 3.05) is 26.2 Å². The Kier molecular flexibility index (Phi) is 4.56. The fourth-order valence-electron chi connectivity index (χ4n) is 2.62. The van der Waals surface area contributed by atoms with Crippen molar-refractivity contribution < 1.29 is 4.79 Å². The van der Waals surface area contributed by atoms with Crippen LogP contribution in [0.1, 0.15) is 32.6 Å². The first-order valence-corrected chi connectivity index (χ1v) is 7.33. The van der Waals surface area contributed by atoms with Gasteiger partial charge in [0.05, 0.1) is 11.0 Å². The standard InChI is InChI=1S/C13H23N3OS/c1-2-11(13(14)18)15-5-7-16(8-6-15)12(17)9-10-3-4-10/h10-11H,2-9H2,1H3,(H2,14,18). The van der Waals surface area contributed by atoms with Crippen LogP contribution in [0, 0.1) is 5.92 Å². The highest BCUT2D eigenvalue weighted by molar-refractivity contribution is 7.80. The van der Waals surface area contributed by atoms with E-state index in [1.165, 1.54) is 12.8 Å². The number of carbonyl (C=O) groups excluding carboxylic acids is 1. The molecule has 2 N–H and O–H groups in total. The monoisotopic (exact) mass is 269 g/mol. The van der Waals surface area contributed by atoms with E-state index in [1.54, 1.807) is 0 Å². The molecule has 1 heterocycles. The molecule has 0 aromatic heterocycles. The number of piperazine rings is 1. The molecule has 0 aromatic carbocycles. The van der Waals surface area contributed by atoms with Crippen molar-refractivity contribution >= 4 is 23.1 Å². The predicted octanol–water partition coefficient (Wildman–Crippen LogP) is 0.995. The van der Waals surface area contributed by atoms with E-state index in [1.807, 2.05) is 4.90 Å². The smallest absolute Gasteiger partial charge is 0.222 e. The number of hydrogen-bond acceptors (Lipinski definition) is 3. The van der Waals surface area contributed by atoms with Gasteiger partial charge in [-0.2, -0.15) is 0 Å². The second-order valence-corrected chi connectivity index (χ2v) is 5.86. The van der Waals surface area contributed by atoms with Crippen LogP contribution in [0.4, 0.5) is 0 Å². The molecule has 1 atom stereocenters. The number of nitrogens with zero attached hydrogens (tertiary/aromatic N) is 2. The zero-order chi connectivity index (χ0) is 13.1. The lowest BCUT2D eigenvalue weighted by Crippen LogP contribution is -2.54. The molecule has 0 bridgehead atoms. The maximum absolute atomic E-state index is 12.0. The number of nitrogens with two attached hydrogens (primary N) is 1. The number of rotatable bonds is 5. The molecule has 2 rings (SSSR count). The number of thiocarbonyl (C=S) groups is 1. The van der Waals surface area contributed by atoms with Gasteiger partial charge < -0.3 is 10.6 Å². The first-order chi connectivity index (χ1) is 8.61. The molecule has 1 aliphatic heterocycles. The summed E-state index contributed by atoms with van der Waals surface area (Å²) in [6.07, 6.45) is 4.19. The lowest BCUT2D eigenvalue weighted by atomic mass is 10.1. The van der Waals surface area contributed by atoms with Crippen LogP contribution in [-0.4, -0.2) is 52.9 Å². The predicted molar refractivity (Wildman–Crippen MR) is 76.4 cm³/mol. The summed E-state index contributed by atoms with van der Waals surface area (Å²) in [5, 5.41) is 0. The van der Waals surface area contributed by atoms with E-state index in [-0.39, 0.29) is 6.04 Å². The van der Waals surface area contributed by atoms with Crippen LogP contribution in [0.3, 0.4) is 0 Å². The summed E-state index contributed by atoms with van der Waals surface area (Å²) in [4.78, 5) is 16.9. The summed E-state index contributed by atoms with van der Waals surface area (Å²) in [6, 6.07) is 0.195. The van der Waals surface area contributed by atoms with Crippen LogP contribution in [0.25, 0.3) is 0 Å². The van der Waals surface area contributed by atoms with Crippen molar-refractivity contribution in [2.24, 2.45) is 11.7 Å². The highest BCUT2D eigenvalue weighted by Gasteiger charge is 2.30. The topological polar surface area (TPSA) is 49.6 Å². The third-order valence-electron chi connectivity index (χ3n) is 3.98. The Morgan fingerprint density at radius 1 is 1.33 bits per heavy atom. The van der Waals surface area contributed by atoms with Gasteiger partial charge in [0.15, 0.2) is 0 Å². The number of amides is 1. The fourth-order valence-corrected chi connectivity index (χ4v) is 2.94. The summed E-state index contributed by atoms with van der Waals surface area (Å²) in [5.41, 5.74) is 5.76. The Morgan fingerprint density at radius 3 is 2.39 bits per heavy atom. The second kappa shape index (κ2) is 5.97. The highest BCUT2D eigenvalue weighted by atomic mass is 32.1. The van der Waals surface area contributed by atoms with Gasteiger partial charge in [-0.05, 0) is 25.2 Å². The minimum atomic E-state index is 0.195. The van der Waals surface area contributed by atoms with Crippen molar-refractivity contribution in [1.29, 1.82) is 0 Å². The molecule has 1 unspecified atom stereocenters. The first-order valence-electron chi connectivity index (χ1n) is 6.93. The summed E-state index contributed by atoms with van der Waals surface area (Å²) >= 11 is 5.10. The van der Waals surface area contributed by atoms with E-state index < -0.39 is 0 Å². The third-order valence-corrected chi connectivity index (χ3v) is 4.26. The minimum absolute atomic E-state index is 0.195. The lowest BCUT2D eigenvalue weighted by molar-refractivity contribution is -0.133. The summed E-state index contributed by atoms with van der Waals surface area (Å²) in [7, 11) is 0. The average Bonchev–Trinajstić information content (AvgIpc) is 3.14. The summed E-state index contributed by atoms with van der Waals surface area (Å²) in [6.45, 7) is 5.54. The molecule has 0 aromatic rings. The van der Waals surface area contributed by atoms with Crippen molar-refractivity contribution in [3.63, 3.8) is 0 Å². The van der Waals surface area contributed by atoms with Crippen molar-refractivity contribution in [3.05, 3.63) is 0 Å². The molecule has 1 saturated carbocycles. The van der Waals surface area contributed by atoms with Gasteiger partial charge in [-0.25, -0.2) is 0 Å². The zero-order valence-corrected chi connectivity index (χ0v) is 11.9. The molecule has 5 heteroatoms. The molecule has 2 fully saturated rings. The molecule has 1 aliphatic carbocycles. The molecule has 0 radical (unpaired) electrons. The molecule has 18 heavy (non-hydrogen) atoms. The molecule has 4 nitrogen and oxygen atoms in total. The Bertz CT molecular complexity index is 322. The lowest BCUT2D eigenvalue weighted by Gasteiger charge is -2.38. The largest absolute Gasteiger partial charge is 0.392 e. The minimum Gasteiger partial charge on any atom is -0.392 e. The average molecular weight is 269 g/mol. The van der Waals surface area contributed by atoms with Gasteiger partial charge in [-0.3, -0.25) is 9.69 Å². The van der Waals surface area contributed by atoms with Crippen LogP contribution < -0.4 is 5.73 Å². The molecule has 1 saturated heterocycles. The Labute approximate surface area is 114 Å². The van der Waals surface area contributed by atoms with Gasteiger partial charge in [0.25, 0.3) is 0 Å². The SMILES string of the molecule is CCC(C(N)=S)N1CCN(C(=O)CC2CC2)CC1. The summed E-state index contributed by atoms with van der Waals surface area (Å²) < 4.78 is 0. The van der Waals surface area contributed by atoms with Crippen LogP contribution in [0.15, 0.2) is 0 Å². The van der Waals surface area contributed by atoms with Crippen LogP contribution >= 0.6 is 12.2 Å². The van der Waals surface area contributed by atoms with Crippen molar-refractivity contribution in [1.82, 2.24) is 9.80 Å². The third kappa shape index (κ3) is 3.42. The molecular weight excluding hydrogens is 246 g/mol. The molecule has 2 aliphatic rings. The Morgan fingerprint density at radius 2 is 1.94 bits per heavy atom. The van der Waals surface area contributed by atoms with E-state index in [4.69, 9.17) is 18.0 Å². The molecular formula is C13H23N3OS. The van der Waals surface area contributed by atoms with Gasteiger partial charge in [-0.1, -0.05) is 19.1 Å². The maximum Gasteiger partial charge on any atom is 0.222 e. The van der Waals surface area contributed by atoms with Crippen molar-refractivity contribution in [2.45, 2.75) is 38.6 Å². The Hall–Kier alpha value is -0.680. The second-order valence-electron chi connectivity index (χ2n) is 5.39. The molecule has 102 valence electrons. The van der Waals surface area contributed by atoms with E-state index in [0.29, 0.717) is 16.8 Å². The Balaban J connectivity index is 1.79. The first kappa shape index (κ1) is 13.7. The highest BCUT2D eigenvalue weighted by Crippen LogP contribution is 2.33. The zero-order valence-electron chi connectivity index (χ0n) is 11.1. The fraction of sp³-hybridized carbons (Fsp3) is 0.846. The molecule has 0 spiro atoms. The van der Waals surface area contributed by atoms with Gasteiger partial charge in [0.1, 0.15) is 0 Å². The van der Waals surface area contributed by atoms with Gasteiger partial charge in [-0.15, -0.1) is 0 Å². The van der Waals surface area contributed by atoms with E-state index in [9.17, 15) is 4.79 Å². The van der Waals surface area contributed by atoms with E-state index in [0.717, 1.165) is 39.0 Å². The maximum atomic E-state index is 12.0. The normalized spacial score (nSPS) is 22.8. The van der Waals surface area contributed by atoms with Crippen LogP contribution in [0.5, 0.6) is 0 Å². The number of hydrogen-bond donors (Lipinski definition) is 1. The van der Waals surface area contributed by atoms with Gasteiger partial charge in [0.2, 0.25) is 5.91 Å². The van der Waals surface area contributed by atoms with Crippen molar-refractivity contribution in [3.8, 4) is 0 Å². The summed E-state index contributed by atoms with van der Waals surface area (Å²) in [5.74, 6) is 1.01. The van der Waals surface area contributed by atoms with Crippen LogP contribution in [-0.2, 0) is 4.79 Å². The van der Waals surface area contributed by atoms with E-state index in [2.05, 4.69) is 11.8 Å². The number of carbonyl (C=O) groups is 1. The van der Waals surface area contributed by atoms with Gasteiger partial charge in [0, 0.05) is 32.6 Å². The van der Waals surface area contributed by atoms with Gasteiger partial charge >= 0.3 is 0 Å².